The molecule has 1 rings (SSSR count). The molecular weight excluding hydrogens is 204 g/mol. The van der Waals surface area contributed by atoms with Gasteiger partial charge in [0, 0.05) is 13.1 Å². The summed E-state index contributed by atoms with van der Waals surface area (Å²) in [5, 5.41) is 2.71. The van der Waals surface area contributed by atoms with Crippen LogP contribution in [0.25, 0.3) is 0 Å². The summed E-state index contributed by atoms with van der Waals surface area (Å²) in [4.78, 5) is 11.3. The summed E-state index contributed by atoms with van der Waals surface area (Å²) >= 11 is 0. The van der Waals surface area contributed by atoms with Crippen molar-refractivity contribution in [3.05, 3.63) is 0 Å². The lowest BCUT2D eigenvalue weighted by molar-refractivity contribution is -0.128. The Hall–Kier alpha value is -0.610. The fourth-order valence-corrected chi connectivity index (χ4v) is 2.04. The number of ether oxygens (including phenoxy) is 1. The van der Waals surface area contributed by atoms with Crippen molar-refractivity contribution in [3.8, 4) is 0 Å². The molecule has 0 spiro atoms. The Morgan fingerprint density at radius 2 is 1.81 bits per heavy atom. The minimum absolute atomic E-state index is 0.0486. The fraction of sp³-hybridized carbons (Fsp3) is 0.917. The van der Waals surface area contributed by atoms with Gasteiger partial charge in [-0.3, -0.25) is 4.79 Å². The molecule has 0 saturated heterocycles. The van der Waals surface area contributed by atoms with Gasteiger partial charge in [-0.25, -0.2) is 0 Å². The lowest BCUT2D eigenvalue weighted by Gasteiger charge is -2.19. The van der Waals surface area contributed by atoms with Crippen LogP contribution in [0, 0.1) is 0 Å². The van der Waals surface area contributed by atoms with Gasteiger partial charge in [0.2, 0.25) is 5.91 Å². The summed E-state index contributed by atoms with van der Waals surface area (Å²) in [6, 6.07) is 0. The number of amides is 1. The molecule has 1 saturated carbocycles. The summed E-state index contributed by atoms with van der Waals surface area (Å²) in [5.41, 5.74) is 5.30. The maximum Gasteiger partial charge on any atom is 0.246 e. The molecule has 0 aromatic heterocycles. The normalized spacial score (nSPS) is 18.8. The van der Waals surface area contributed by atoms with Crippen molar-refractivity contribution in [1.29, 1.82) is 0 Å². The Balaban J connectivity index is 2.11. The molecule has 0 atom stereocenters. The molecule has 4 nitrogen and oxygen atoms in total. The molecule has 0 aromatic rings. The molecule has 0 heterocycles. The predicted molar refractivity (Wildman–Crippen MR) is 64.1 cm³/mol. The van der Waals surface area contributed by atoms with Gasteiger partial charge in [0.25, 0.3) is 0 Å². The SMILES string of the molecule is NCCNC(=O)COC1CCCCCCC1. The van der Waals surface area contributed by atoms with Gasteiger partial charge in [-0.05, 0) is 12.8 Å². The Labute approximate surface area is 97.9 Å². The zero-order chi connectivity index (χ0) is 11.6. The highest BCUT2D eigenvalue weighted by atomic mass is 16.5. The molecule has 0 aromatic carbocycles. The lowest BCUT2D eigenvalue weighted by Crippen LogP contribution is -2.33. The van der Waals surface area contributed by atoms with Gasteiger partial charge in [0.1, 0.15) is 6.61 Å². The molecule has 1 aliphatic rings. The van der Waals surface area contributed by atoms with E-state index in [1.165, 1.54) is 32.1 Å². The van der Waals surface area contributed by atoms with E-state index < -0.39 is 0 Å². The van der Waals surface area contributed by atoms with E-state index in [4.69, 9.17) is 10.5 Å². The molecule has 4 heteroatoms. The van der Waals surface area contributed by atoms with Crippen molar-refractivity contribution in [2.24, 2.45) is 5.73 Å². The molecule has 1 aliphatic carbocycles. The van der Waals surface area contributed by atoms with Crippen LogP contribution in [-0.4, -0.2) is 31.7 Å². The number of hydrogen-bond donors (Lipinski definition) is 2. The molecule has 1 amide bonds. The molecule has 1 fully saturated rings. The zero-order valence-corrected chi connectivity index (χ0v) is 10.0. The largest absolute Gasteiger partial charge is 0.368 e. The molecule has 16 heavy (non-hydrogen) atoms. The van der Waals surface area contributed by atoms with Gasteiger partial charge in [-0.1, -0.05) is 32.1 Å². The maximum atomic E-state index is 11.3. The Kier molecular flexibility index (Phi) is 7.17. The molecule has 0 aliphatic heterocycles. The van der Waals surface area contributed by atoms with Crippen LogP contribution in [0.3, 0.4) is 0 Å². The van der Waals surface area contributed by atoms with Crippen molar-refractivity contribution in [3.63, 3.8) is 0 Å². The maximum absolute atomic E-state index is 11.3. The van der Waals surface area contributed by atoms with Crippen molar-refractivity contribution >= 4 is 5.91 Å². The second kappa shape index (κ2) is 8.53. The first kappa shape index (κ1) is 13.5. The van der Waals surface area contributed by atoms with E-state index >= 15 is 0 Å². The summed E-state index contributed by atoms with van der Waals surface area (Å²) < 4.78 is 5.62. The Bertz CT molecular complexity index is 189. The number of rotatable bonds is 5. The second-order valence-electron chi connectivity index (χ2n) is 4.42. The summed E-state index contributed by atoms with van der Waals surface area (Å²) in [5.74, 6) is -0.0486. The van der Waals surface area contributed by atoms with Gasteiger partial charge in [-0.15, -0.1) is 0 Å². The first-order valence-corrected chi connectivity index (χ1v) is 6.41. The van der Waals surface area contributed by atoms with Crippen molar-refractivity contribution in [1.82, 2.24) is 5.32 Å². The molecule has 0 radical (unpaired) electrons. The van der Waals surface area contributed by atoms with Gasteiger partial charge >= 0.3 is 0 Å². The van der Waals surface area contributed by atoms with Crippen LogP contribution < -0.4 is 11.1 Å². The van der Waals surface area contributed by atoms with E-state index in [-0.39, 0.29) is 18.6 Å². The predicted octanol–water partition coefficient (Wildman–Crippen LogP) is 1.19. The highest BCUT2D eigenvalue weighted by Crippen LogP contribution is 2.19. The van der Waals surface area contributed by atoms with Crippen LogP contribution in [0.2, 0.25) is 0 Å². The van der Waals surface area contributed by atoms with Crippen LogP contribution in [0.5, 0.6) is 0 Å². The van der Waals surface area contributed by atoms with Gasteiger partial charge in [0.15, 0.2) is 0 Å². The summed E-state index contributed by atoms with van der Waals surface area (Å²) in [7, 11) is 0. The van der Waals surface area contributed by atoms with E-state index in [1.54, 1.807) is 0 Å². The lowest BCUT2D eigenvalue weighted by atomic mass is 9.99. The molecular formula is C12H24N2O2. The van der Waals surface area contributed by atoms with E-state index in [0.717, 1.165) is 12.8 Å². The number of carbonyl (C=O) groups excluding carboxylic acids is 1. The average molecular weight is 228 g/mol. The number of nitrogens with two attached hydrogens (primary N) is 1. The third kappa shape index (κ3) is 6.08. The van der Waals surface area contributed by atoms with Gasteiger partial charge < -0.3 is 15.8 Å². The molecule has 0 bridgehead atoms. The van der Waals surface area contributed by atoms with Crippen molar-refractivity contribution in [2.45, 2.75) is 51.0 Å². The minimum atomic E-state index is -0.0486. The summed E-state index contributed by atoms with van der Waals surface area (Å²) in [6.45, 7) is 1.20. The van der Waals surface area contributed by atoms with Crippen molar-refractivity contribution in [2.75, 3.05) is 19.7 Å². The van der Waals surface area contributed by atoms with Crippen molar-refractivity contribution < 1.29 is 9.53 Å². The second-order valence-corrected chi connectivity index (χ2v) is 4.42. The number of hydrogen-bond acceptors (Lipinski definition) is 3. The molecule has 3 N–H and O–H groups in total. The fourth-order valence-electron chi connectivity index (χ4n) is 2.04. The van der Waals surface area contributed by atoms with Crippen LogP contribution in [-0.2, 0) is 9.53 Å². The number of carbonyl (C=O) groups is 1. The smallest absolute Gasteiger partial charge is 0.246 e. The first-order chi connectivity index (χ1) is 7.83. The van der Waals surface area contributed by atoms with E-state index in [1.807, 2.05) is 0 Å². The molecule has 0 unspecified atom stereocenters. The monoisotopic (exact) mass is 228 g/mol. The van der Waals surface area contributed by atoms with E-state index in [2.05, 4.69) is 5.32 Å². The highest BCUT2D eigenvalue weighted by molar-refractivity contribution is 5.77. The van der Waals surface area contributed by atoms with Crippen LogP contribution >= 0.6 is 0 Å². The van der Waals surface area contributed by atoms with E-state index in [9.17, 15) is 4.79 Å². The van der Waals surface area contributed by atoms with Crippen LogP contribution in [0.1, 0.15) is 44.9 Å². The first-order valence-electron chi connectivity index (χ1n) is 6.41. The highest BCUT2D eigenvalue weighted by Gasteiger charge is 2.13. The van der Waals surface area contributed by atoms with Crippen LogP contribution in [0.4, 0.5) is 0 Å². The standard InChI is InChI=1S/C12H24N2O2/c13-8-9-14-12(15)10-16-11-6-4-2-1-3-5-7-11/h11H,1-10,13H2,(H,14,15). The average Bonchev–Trinajstić information content (AvgIpc) is 2.25. The third-order valence-corrected chi connectivity index (χ3v) is 2.97. The quantitative estimate of drug-likeness (QED) is 0.743. The number of nitrogens with one attached hydrogen (secondary N) is 1. The molecule has 94 valence electrons. The summed E-state index contributed by atoms with van der Waals surface area (Å²) in [6.07, 6.45) is 8.91. The minimum Gasteiger partial charge on any atom is -0.368 e. The van der Waals surface area contributed by atoms with Gasteiger partial charge in [0.05, 0.1) is 6.10 Å². The zero-order valence-electron chi connectivity index (χ0n) is 10.0. The Morgan fingerprint density at radius 3 is 2.44 bits per heavy atom. The third-order valence-electron chi connectivity index (χ3n) is 2.97. The topological polar surface area (TPSA) is 64.3 Å². The van der Waals surface area contributed by atoms with Gasteiger partial charge in [-0.2, -0.15) is 0 Å². The van der Waals surface area contributed by atoms with Crippen LogP contribution in [0.15, 0.2) is 0 Å². The Morgan fingerprint density at radius 1 is 1.19 bits per heavy atom. The van der Waals surface area contributed by atoms with E-state index in [0.29, 0.717) is 13.1 Å².